The molecule has 1 fully saturated rings. The molecule has 0 aromatic heterocycles. The SMILES string of the molecule is CCOC(=O)C1CCNC(C)C1=O. The summed E-state index contributed by atoms with van der Waals surface area (Å²) in [7, 11) is 0. The van der Waals surface area contributed by atoms with Crippen LogP contribution in [0.2, 0.25) is 0 Å². The van der Waals surface area contributed by atoms with Crippen molar-refractivity contribution in [3.05, 3.63) is 0 Å². The minimum atomic E-state index is -0.545. The van der Waals surface area contributed by atoms with E-state index >= 15 is 0 Å². The normalized spacial score (nSPS) is 28.6. The third-order valence-corrected chi connectivity index (χ3v) is 2.22. The van der Waals surface area contributed by atoms with Crippen molar-refractivity contribution in [1.82, 2.24) is 5.32 Å². The Labute approximate surface area is 77.6 Å². The first-order valence-corrected chi connectivity index (χ1v) is 4.60. The highest BCUT2D eigenvalue weighted by atomic mass is 16.5. The van der Waals surface area contributed by atoms with Crippen LogP contribution in [-0.2, 0) is 14.3 Å². The van der Waals surface area contributed by atoms with Crippen LogP contribution < -0.4 is 5.32 Å². The summed E-state index contributed by atoms with van der Waals surface area (Å²) >= 11 is 0. The molecule has 1 aliphatic rings. The maximum Gasteiger partial charge on any atom is 0.316 e. The highest BCUT2D eigenvalue weighted by molar-refractivity contribution is 6.02. The summed E-state index contributed by atoms with van der Waals surface area (Å²) in [6, 6.07) is -0.219. The molecule has 0 radical (unpaired) electrons. The maximum atomic E-state index is 11.5. The Kier molecular flexibility index (Phi) is 3.42. The van der Waals surface area contributed by atoms with E-state index in [1.54, 1.807) is 13.8 Å². The van der Waals surface area contributed by atoms with Crippen LogP contribution in [0.15, 0.2) is 0 Å². The van der Waals surface area contributed by atoms with Crippen LogP contribution >= 0.6 is 0 Å². The summed E-state index contributed by atoms with van der Waals surface area (Å²) in [5.41, 5.74) is 0. The largest absolute Gasteiger partial charge is 0.465 e. The van der Waals surface area contributed by atoms with E-state index in [1.807, 2.05) is 0 Å². The maximum absolute atomic E-state index is 11.5. The molecule has 1 aliphatic heterocycles. The molecule has 0 amide bonds. The minimum absolute atomic E-state index is 0.0512. The van der Waals surface area contributed by atoms with Crippen LogP contribution in [0.5, 0.6) is 0 Å². The van der Waals surface area contributed by atoms with Crippen molar-refractivity contribution in [2.45, 2.75) is 26.3 Å². The Morgan fingerprint density at radius 1 is 1.69 bits per heavy atom. The second-order valence-electron chi connectivity index (χ2n) is 3.17. The summed E-state index contributed by atoms with van der Waals surface area (Å²) in [5.74, 6) is -0.971. The molecule has 74 valence electrons. The fourth-order valence-corrected chi connectivity index (χ4v) is 1.47. The fourth-order valence-electron chi connectivity index (χ4n) is 1.47. The first-order chi connectivity index (χ1) is 6.16. The lowest BCUT2D eigenvalue weighted by molar-refractivity contribution is -0.153. The number of hydrogen-bond acceptors (Lipinski definition) is 4. The minimum Gasteiger partial charge on any atom is -0.465 e. The van der Waals surface area contributed by atoms with Crippen molar-refractivity contribution in [2.75, 3.05) is 13.2 Å². The van der Waals surface area contributed by atoms with E-state index in [1.165, 1.54) is 0 Å². The average Bonchev–Trinajstić information content (AvgIpc) is 2.10. The van der Waals surface area contributed by atoms with E-state index in [4.69, 9.17) is 4.74 Å². The molecule has 0 aromatic carbocycles. The number of ether oxygens (including phenoxy) is 1. The van der Waals surface area contributed by atoms with Crippen molar-refractivity contribution in [3.63, 3.8) is 0 Å². The van der Waals surface area contributed by atoms with Gasteiger partial charge in [0.15, 0.2) is 5.78 Å². The molecular weight excluding hydrogens is 170 g/mol. The lowest BCUT2D eigenvalue weighted by atomic mass is 9.92. The molecule has 4 heteroatoms. The van der Waals surface area contributed by atoms with Gasteiger partial charge in [0.2, 0.25) is 0 Å². The highest BCUT2D eigenvalue weighted by Crippen LogP contribution is 2.13. The van der Waals surface area contributed by atoms with Crippen LogP contribution in [0.25, 0.3) is 0 Å². The van der Waals surface area contributed by atoms with E-state index in [2.05, 4.69) is 5.32 Å². The van der Waals surface area contributed by atoms with E-state index < -0.39 is 5.92 Å². The number of piperidine rings is 1. The van der Waals surface area contributed by atoms with Crippen molar-refractivity contribution in [1.29, 1.82) is 0 Å². The fraction of sp³-hybridized carbons (Fsp3) is 0.778. The number of hydrogen-bond donors (Lipinski definition) is 1. The molecule has 1 rings (SSSR count). The summed E-state index contributed by atoms with van der Waals surface area (Å²) in [5, 5.41) is 3.00. The molecule has 1 N–H and O–H groups in total. The summed E-state index contributed by atoms with van der Waals surface area (Å²) in [6.45, 7) is 4.56. The number of carbonyl (C=O) groups is 2. The van der Waals surface area contributed by atoms with Crippen LogP contribution in [0.4, 0.5) is 0 Å². The predicted octanol–water partition coefficient (Wildman–Crippen LogP) is 0.117. The third-order valence-electron chi connectivity index (χ3n) is 2.22. The van der Waals surface area contributed by atoms with Gasteiger partial charge in [0.1, 0.15) is 5.92 Å². The lowest BCUT2D eigenvalue weighted by Crippen LogP contribution is -2.47. The van der Waals surface area contributed by atoms with Crippen molar-refractivity contribution in [2.24, 2.45) is 5.92 Å². The smallest absolute Gasteiger partial charge is 0.316 e. The Balaban J connectivity index is 2.57. The molecule has 1 heterocycles. The van der Waals surface area contributed by atoms with E-state index in [0.29, 0.717) is 19.6 Å². The van der Waals surface area contributed by atoms with Crippen molar-refractivity contribution < 1.29 is 14.3 Å². The Hall–Kier alpha value is -0.900. The van der Waals surface area contributed by atoms with E-state index in [0.717, 1.165) is 0 Å². The molecule has 0 aromatic rings. The number of nitrogens with one attached hydrogen (secondary N) is 1. The van der Waals surface area contributed by atoms with Gasteiger partial charge in [-0.15, -0.1) is 0 Å². The zero-order chi connectivity index (χ0) is 9.84. The average molecular weight is 185 g/mol. The van der Waals surface area contributed by atoms with Gasteiger partial charge in [0.05, 0.1) is 12.6 Å². The Morgan fingerprint density at radius 2 is 2.38 bits per heavy atom. The number of rotatable bonds is 2. The molecule has 0 spiro atoms. The number of Topliss-reactive ketones (excluding diaryl/α,β-unsaturated/α-hetero) is 1. The molecule has 0 aliphatic carbocycles. The van der Waals surface area contributed by atoms with Crippen LogP contribution in [0.3, 0.4) is 0 Å². The lowest BCUT2D eigenvalue weighted by Gasteiger charge is -2.24. The van der Waals surface area contributed by atoms with Gasteiger partial charge in [0.25, 0.3) is 0 Å². The zero-order valence-corrected chi connectivity index (χ0v) is 8.00. The quantitative estimate of drug-likeness (QED) is 0.490. The topological polar surface area (TPSA) is 55.4 Å². The standard InChI is InChI=1S/C9H15NO3/c1-3-13-9(12)7-4-5-10-6(2)8(7)11/h6-7,10H,3-5H2,1-2H3. The second kappa shape index (κ2) is 4.37. The van der Waals surface area contributed by atoms with Crippen LogP contribution in [-0.4, -0.2) is 30.9 Å². The monoisotopic (exact) mass is 185 g/mol. The molecule has 0 bridgehead atoms. The molecular formula is C9H15NO3. The van der Waals surface area contributed by atoms with Gasteiger partial charge < -0.3 is 10.1 Å². The van der Waals surface area contributed by atoms with Gasteiger partial charge in [-0.2, -0.15) is 0 Å². The molecule has 0 saturated carbocycles. The Bertz CT molecular complexity index is 215. The number of carbonyl (C=O) groups excluding carboxylic acids is 2. The van der Waals surface area contributed by atoms with Gasteiger partial charge in [0, 0.05) is 0 Å². The number of ketones is 1. The van der Waals surface area contributed by atoms with Crippen molar-refractivity contribution >= 4 is 11.8 Å². The molecule has 2 atom stereocenters. The van der Waals surface area contributed by atoms with Crippen molar-refractivity contribution in [3.8, 4) is 0 Å². The third kappa shape index (κ3) is 2.28. The zero-order valence-electron chi connectivity index (χ0n) is 8.00. The van der Waals surface area contributed by atoms with Gasteiger partial charge in [-0.05, 0) is 26.8 Å². The predicted molar refractivity (Wildman–Crippen MR) is 47.2 cm³/mol. The molecule has 13 heavy (non-hydrogen) atoms. The summed E-state index contributed by atoms with van der Waals surface area (Å²) < 4.78 is 4.81. The Morgan fingerprint density at radius 3 is 3.00 bits per heavy atom. The second-order valence-corrected chi connectivity index (χ2v) is 3.17. The first kappa shape index (κ1) is 10.2. The van der Waals surface area contributed by atoms with Gasteiger partial charge in [-0.25, -0.2) is 0 Å². The summed E-state index contributed by atoms with van der Waals surface area (Å²) in [4.78, 5) is 22.8. The van der Waals surface area contributed by atoms with E-state index in [9.17, 15) is 9.59 Å². The number of esters is 1. The molecule has 2 unspecified atom stereocenters. The molecule has 1 saturated heterocycles. The summed E-state index contributed by atoms with van der Waals surface area (Å²) in [6.07, 6.45) is 0.558. The van der Waals surface area contributed by atoms with Crippen LogP contribution in [0, 0.1) is 5.92 Å². The van der Waals surface area contributed by atoms with Crippen LogP contribution in [0.1, 0.15) is 20.3 Å². The van der Waals surface area contributed by atoms with Gasteiger partial charge >= 0.3 is 5.97 Å². The van der Waals surface area contributed by atoms with E-state index in [-0.39, 0.29) is 17.8 Å². The van der Waals surface area contributed by atoms with Gasteiger partial charge in [-0.3, -0.25) is 9.59 Å². The first-order valence-electron chi connectivity index (χ1n) is 4.60. The van der Waals surface area contributed by atoms with Gasteiger partial charge in [-0.1, -0.05) is 0 Å². The highest BCUT2D eigenvalue weighted by Gasteiger charge is 2.34. The molecule has 4 nitrogen and oxygen atoms in total.